The van der Waals surface area contributed by atoms with Gasteiger partial charge < -0.3 is 5.73 Å². The first-order valence-electron chi connectivity index (χ1n) is 6.91. The van der Waals surface area contributed by atoms with Crippen LogP contribution in [0.4, 0.5) is 0 Å². The van der Waals surface area contributed by atoms with Crippen LogP contribution in [0, 0.1) is 0 Å². The highest BCUT2D eigenvalue weighted by molar-refractivity contribution is 5.87. The van der Waals surface area contributed by atoms with Crippen molar-refractivity contribution in [2.45, 2.75) is 45.6 Å². The fraction of sp³-hybridized carbons (Fsp3) is 0.438. The fourth-order valence-electron chi connectivity index (χ4n) is 3.18. The predicted molar refractivity (Wildman–Crippen MR) is 75.7 cm³/mol. The van der Waals surface area contributed by atoms with Gasteiger partial charge in [0.05, 0.1) is 5.52 Å². The van der Waals surface area contributed by atoms with Crippen LogP contribution >= 0.6 is 0 Å². The van der Waals surface area contributed by atoms with E-state index in [0.717, 1.165) is 19.3 Å². The van der Waals surface area contributed by atoms with Gasteiger partial charge >= 0.3 is 0 Å². The molecule has 1 aliphatic rings. The quantitative estimate of drug-likeness (QED) is 0.874. The third-order valence-electron chi connectivity index (χ3n) is 4.01. The Labute approximate surface area is 108 Å². The summed E-state index contributed by atoms with van der Waals surface area (Å²) in [6, 6.07) is 6.59. The molecular weight excluding hydrogens is 220 g/mol. The van der Waals surface area contributed by atoms with Crippen LogP contribution in [-0.2, 0) is 19.3 Å². The maximum Gasteiger partial charge on any atom is 0.0740 e. The van der Waals surface area contributed by atoms with Crippen molar-refractivity contribution >= 4 is 10.9 Å². The van der Waals surface area contributed by atoms with E-state index in [4.69, 9.17) is 10.7 Å². The van der Waals surface area contributed by atoms with Crippen LogP contribution in [-0.4, -0.2) is 4.98 Å². The zero-order valence-corrected chi connectivity index (χ0v) is 11.2. The molecule has 1 unspecified atom stereocenters. The van der Waals surface area contributed by atoms with Gasteiger partial charge in [0.1, 0.15) is 0 Å². The second kappa shape index (κ2) is 4.36. The van der Waals surface area contributed by atoms with E-state index in [1.165, 1.54) is 39.7 Å². The number of aryl methyl sites for hydroxylation is 2. The molecule has 18 heavy (non-hydrogen) atoms. The van der Waals surface area contributed by atoms with Crippen molar-refractivity contribution < 1.29 is 0 Å². The monoisotopic (exact) mass is 240 g/mol. The second-order valence-electron chi connectivity index (χ2n) is 5.26. The number of aromatic nitrogens is 1. The molecule has 0 saturated heterocycles. The molecule has 2 heteroatoms. The summed E-state index contributed by atoms with van der Waals surface area (Å²) in [4.78, 5) is 4.91. The minimum Gasteiger partial charge on any atom is -0.324 e. The van der Waals surface area contributed by atoms with Gasteiger partial charge in [0, 0.05) is 17.1 Å². The lowest BCUT2D eigenvalue weighted by Gasteiger charge is -2.16. The Morgan fingerprint density at radius 2 is 2.17 bits per heavy atom. The summed E-state index contributed by atoms with van der Waals surface area (Å²) in [5, 5.41) is 1.27. The number of para-hydroxylation sites is 1. The number of benzene rings is 1. The van der Waals surface area contributed by atoms with Crippen molar-refractivity contribution in [3.05, 3.63) is 40.6 Å². The Bertz CT molecular complexity index is 600. The molecule has 3 rings (SSSR count). The number of nitrogens with two attached hydrogens (primary N) is 1. The first-order chi connectivity index (χ1) is 8.72. The number of hydrogen-bond acceptors (Lipinski definition) is 2. The average Bonchev–Trinajstić information content (AvgIpc) is 2.82. The molecule has 0 amide bonds. The molecule has 0 bridgehead atoms. The molecule has 0 radical (unpaired) electrons. The summed E-state index contributed by atoms with van der Waals surface area (Å²) < 4.78 is 0. The van der Waals surface area contributed by atoms with Crippen molar-refractivity contribution in [1.29, 1.82) is 0 Å². The van der Waals surface area contributed by atoms with Gasteiger partial charge in [-0.3, -0.25) is 4.98 Å². The van der Waals surface area contributed by atoms with E-state index in [0.29, 0.717) is 0 Å². The highest BCUT2D eigenvalue weighted by atomic mass is 14.7. The van der Waals surface area contributed by atoms with Crippen LogP contribution < -0.4 is 5.73 Å². The molecule has 1 aromatic carbocycles. The molecule has 0 fully saturated rings. The van der Waals surface area contributed by atoms with E-state index in [1.807, 2.05) is 0 Å². The Balaban J connectivity index is 2.41. The largest absolute Gasteiger partial charge is 0.324 e. The van der Waals surface area contributed by atoms with Gasteiger partial charge in [-0.05, 0) is 49.3 Å². The van der Waals surface area contributed by atoms with Crippen LogP contribution in [0.5, 0.6) is 0 Å². The molecule has 2 nitrogen and oxygen atoms in total. The van der Waals surface area contributed by atoms with Gasteiger partial charge in [-0.1, -0.05) is 25.1 Å². The predicted octanol–water partition coefficient (Wildman–Crippen LogP) is 3.31. The highest BCUT2D eigenvalue weighted by Gasteiger charge is 2.21. The normalized spacial score (nSPS) is 15.9. The molecule has 94 valence electrons. The van der Waals surface area contributed by atoms with Gasteiger partial charge in [0.15, 0.2) is 0 Å². The van der Waals surface area contributed by atoms with Gasteiger partial charge in [0.2, 0.25) is 0 Å². The van der Waals surface area contributed by atoms with Crippen LogP contribution in [0.15, 0.2) is 18.2 Å². The Kier molecular flexibility index (Phi) is 2.83. The zero-order valence-electron chi connectivity index (χ0n) is 11.2. The summed E-state index contributed by atoms with van der Waals surface area (Å²) in [5.41, 5.74) is 12.8. The molecular formula is C16H20N2. The van der Waals surface area contributed by atoms with Crippen LogP contribution in [0.1, 0.15) is 48.7 Å². The van der Waals surface area contributed by atoms with Crippen LogP contribution in [0.3, 0.4) is 0 Å². The highest BCUT2D eigenvalue weighted by Crippen LogP contribution is 2.34. The van der Waals surface area contributed by atoms with Crippen LogP contribution in [0.25, 0.3) is 10.9 Å². The molecule has 1 atom stereocenters. The number of rotatable bonds is 2. The molecule has 1 aliphatic carbocycles. The molecule has 2 aromatic rings. The summed E-state index contributed by atoms with van der Waals surface area (Å²) >= 11 is 0. The minimum atomic E-state index is 0.0921. The Morgan fingerprint density at radius 3 is 2.89 bits per heavy atom. The smallest absolute Gasteiger partial charge is 0.0740 e. The van der Waals surface area contributed by atoms with Crippen molar-refractivity contribution in [3.63, 3.8) is 0 Å². The third kappa shape index (κ3) is 1.64. The maximum absolute atomic E-state index is 6.22. The van der Waals surface area contributed by atoms with E-state index in [9.17, 15) is 0 Å². The Morgan fingerprint density at radius 1 is 1.33 bits per heavy atom. The molecule has 1 aromatic heterocycles. The third-order valence-corrected chi connectivity index (χ3v) is 4.01. The van der Waals surface area contributed by atoms with Crippen molar-refractivity contribution in [1.82, 2.24) is 4.98 Å². The molecule has 1 heterocycles. The zero-order chi connectivity index (χ0) is 12.7. The summed E-state index contributed by atoms with van der Waals surface area (Å²) in [6.45, 7) is 4.28. The van der Waals surface area contributed by atoms with Gasteiger partial charge in [-0.2, -0.15) is 0 Å². The molecule has 2 N–H and O–H groups in total. The van der Waals surface area contributed by atoms with E-state index < -0.39 is 0 Å². The van der Waals surface area contributed by atoms with Crippen LogP contribution in [0.2, 0.25) is 0 Å². The fourth-order valence-corrected chi connectivity index (χ4v) is 3.18. The van der Waals surface area contributed by atoms with Gasteiger partial charge in [-0.25, -0.2) is 0 Å². The van der Waals surface area contributed by atoms with E-state index in [1.54, 1.807) is 0 Å². The summed E-state index contributed by atoms with van der Waals surface area (Å²) in [6.07, 6.45) is 4.51. The number of nitrogens with zero attached hydrogens (tertiary/aromatic N) is 1. The minimum absolute atomic E-state index is 0.0921. The molecule has 0 saturated carbocycles. The molecule has 0 spiro atoms. The van der Waals surface area contributed by atoms with Crippen molar-refractivity contribution in [2.24, 2.45) is 5.73 Å². The SMILES string of the molecule is CCc1cccc2c(C(C)N)c3c(nc12)CCC3. The summed E-state index contributed by atoms with van der Waals surface area (Å²) in [5.74, 6) is 0. The van der Waals surface area contributed by atoms with E-state index in [-0.39, 0.29) is 6.04 Å². The maximum atomic E-state index is 6.22. The first kappa shape index (κ1) is 11.7. The lowest BCUT2D eigenvalue weighted by Crippen LogP contribution is -2.10. The lowest BCUT2D eigenvalue weighted by atomic mass is 9.94. The topological polar surface area (TPSA) is 38.9 Å². The number of hydrogen-bond donors (Lipinski definition) is 1. The standard InChI is InChI=1S/C16H20N2/c1-3-11-6-4-8-13-15(10(2)17)12-7-5-9-14(12)18-16(11)13/h4,6,8,10H,3,5,7,9,17H2,1-2H3. The van der Waals surface area contributed by atoms with E-state index in [2.05, 4.69) is 32.0 Å². The van der Waals surface area contributed by atoms with Crippen molar-refractivity contribution in [2.75, 3.05) is 0 Å². The summed E-state index contributed by atoms with van der Waals surface area (Å²) in [7, 11) is 0. The number of fused-ring (bicyclic) bond motifs is 2. The molecule has 0 aliphatic heterocycles. The Hall–Kier alpha value is -1.41. The van der Waals surface area contributed by atoms with Crippen molar-refractivity contribution in [3.8, 4) is 0 Å². The van der Waals surface area contributed by atoms with Gasteiger partial charge in [-0.15, -0.1) is 0 Å². The average molecular weight is 240 g/mol. The lowest BCUT2D eigenvalue weighted by molar-refractivity contribution is 0.806. The number of pyridine rings is 1. The van der Waals surface area contributed by atoms with Gasteiger partial charge in [0.25, 0.3) is 0 Å². The first-order valence-corrected chi connectivity index (χ1v) is 6.91. The van der Waals surface area contributed by atoms with E-state index >= 15 is 0 Å². The second-order valence-corrected chi connectivity index (χ2v) is 5.26.